The number of carbonyl (C=O) groups is 1. The second-order valence-corrected chi connectivity index (χ2v) is 4.49. The van der Waals surface area contributed by atoms with E-state index in [1.807, 2.05) is 0 Å². The molecule has 2 aromatic carbocycles. The number of alkyl halides is 3. The normalized spacial score (nSPS) is 11.2. The summed E-state index contributed by atoms with van der Waals surface area (Å²) in [4.78, 5) is 11.5. The molecule has 0 aliphatic rings. The molecule has 2 rings (SSSR count). The highest BCUT2D eigenvalue weighted by atomic mass is 19.4. The van der Waals surface area contributed by atoms with E-state index in [9.17, 15) is 22.4 Å². The number of esters is 1. The van der Waals surface area contributed by atoms with Crippen molar-refractivity contribution in [2.45, 2.75) is 13.3 Å². The van der Waals surface area contributed by atoms with Crippen molar-refractivity contribution in [1.82, 2.24) is 0 Å². The minimum atomic E-state index is -4.83. The topological polar surface area (TPSA) is 35.5 Å². The molecule has 0 fully saturated rings. The van der Waals surface area contributed by atoms with Gasteiger partial charge in [0.25, 0.3) is 0 Å². The van der Waals surface area contributed by atoms with E-state index < -0.39 is 23.9 Å². The monoisotopic (exact) mass is 328 g/mol. The summed E-state index contributed by atoms with van der Waals surface area (Å²) >= 11 is 0. The SMILES string of the molecule is CCOC(=O)c1ccc(-c2cccc(OC(F)(F)F)c2)c(F)c1. The van der Waals surface area contributed by atoms with Gasteiger partial charge in [0.1, 0.15) is 11.6 Å². The van der Waals surface area contributed by atoms with E-state index in [1.54, 1.807) is 6.92 Å². The Balaban J connectivity index is 2.32. The van der Waals surface area contributed by atoms with Gasteiger partial charge in [0.2, 0.25) is 0 Å². The first-order valence-electron chi connectivity index (χ1n) is 6.63. The van der Waals surface area contributed by atoms with Gasteiger partial charge in [0, 0.05) is 5.56 Å². The average molecular weight is 328 g/mol. The average Bonchev–Trinajstić information content (AvgIpc) is 2.45. The number of rotatable bonds is 4. The van der Waals surface area contributed by atoms with E-state index in [-0.39, 0.29) is 23.3 Å². The van der Waals surface area contributed by atoms with Crippen LogP contribution in [0.5, 0.6) is 5.75 Å². The lowest BCUT2D eigenvalue weighted by molar-refractivity contribution is -0.274. The van der Waals surface area contributed by atoms with Crippen molar-refractivity contribution in [1.29, 1.82) is 0 Å². The van der Waals surface area contributed by atoms with Crippen molar-refractivity contribution in [2.24, 2.45) is 0 Å². The van der Waals surface area contributed by atoms with Gasteiger partial charge in [-0.3, -0.25) is 0 Å². The molecule has 0 N–H and O–H groups in total. The Morgan fingerprint density at radius 2 is 1.87 bits per heavy atom. The molecule has 0 radical (unpaired) electrons. The van der Waals surface area contributed by atoms with Gasteiger partial charge in [0.15, 0.2) is 0 Å². The van der Waals surface area contributed by atoms with E-state index in [2.05, 4.69) is 4.74 Å². The van der Waals surface area contributed by atoms with Crippen LogP contribution in [-0.4, -0.2) is 18.9 Å². The van der Waals surface area contributed by atoms with E-state index in [4.69, 9.17) is 4.74 Å². The quantitative estimate of drug-likeness (QED) is 0.609. The summed E-state index contributed by atoms with van der Waals surface area (Å²) in [7, 11) is 0. The molecule has 0 aliphatic carbocycles. The molecule has 0 atom stereocenters. The van der Waals surface area contributed by atoms with Crippen molar-refractivity contribution in [3.63, 3.8) is 0 Å². The van der Waals surface area contributed by atoms with Gasteiger partial charge >= 0.3 is 12.3 Å². The van der Waals surface area contributed by atoms with Crippen LogP contribution in [0.15, 0.2) is 42.5 Å². The summed E-state index contributed by atoms with van der Waals surface area (Å²) in [6, 6.07) is 8.55. The third-order valence-electron chi connectivity index (χ3n) is 2.86. The van der Waals surface area contributed by atoms with Crippen LogP contribution in [0.3, 0.4) is 0 Å². The molecule has 0 aliphatic heterocycles. The molecule has 0 aromatic heterocycles. The van der Waals surface area contributed by atoms with Gasteiger partial charge in [0.05, 0.1) is 12.2 Å². The second-order valence-electron chi connectivity index (χ2n) is 4.49. The van der Waals surface area contributed by atoms with Crippen LogP contribution in [0.2, 0.25) is 0 Å². The van der Waals surface area contributed by atoms with Crippen molar-refractivity contribution in [2.75, 3.05) is 6.61 Å². The van der Waals surface area contributed by atoms with E-state index in [1.165, 1.54) is 24.3 Å². The van der Waals surface area contributed by atoms with Crippen molar-refractivity contribution < 1.29 is 31.8 Å². The van der Waals surface area contributed by atoms with Crippen LogP contribution < -0.4 is 4.74 Å². The maximum absolute atomic E-state index is 14.1. The summed E-state index contributed by atoms with van der Waals surface area (Å²) in [5.74, 6) is -1.88. The zero-order valence-corrected chi connectivity index (χ0v) is 12.0. The van der Waals surface area contributed by atoms with Gasteiger partial charge in [-0.25, -0.2) is 9.18 Å². The number of hydrogen-bond acceptors (Lipinski definition) is 3. The summed E-state index contributed by atoms with van der Waals surface area (Å²) in [6.07, 6.45) is -4.83. The summed E-state index contributed by atoms with van der Waals surface area (Å²) in [5.41, 5.74) is 0.265. The molecule has 0 bridgehead atoms. The molecule has 0 unspecified atom stereocenters. The molecule has 122 valence electrons. The predicted octanol–water partition coefficient (Wildman–Crippen LogP) is 4.57. The Morgan fingerprint density at radius 3 is 2.48 bits per heavy atom. The number of ether oxygens (including phenoxy) is 2. The Labute approximate surface area is 129 Å². The standard InChI is InChI=1S/C16H12F4O3/c1-2-22-15(21)11-6-7-13(14(17)9-11)10-4-3-5-12(8-10)23-16(18,19)20/h3-9H,2H2,1H3. The van der Waals surface area contributed by atoms with Gasteiger partial charge in [-0.1, -0.05) is 18.2 Å². The lowest BCUT2D eigenvalue weighted by Gasteiger charge is -2.11. The van der Waals surface area contributed by atoms with Crippen molar-refractivity contribution in [3.05, 3.63) is 53.8 Å². The Morgan fingerprint density at radius 1 is 1.13 bits per heavy atom. The fourth-order valence-electron chi connectivity index (χ4n) is 1.95. The second kappa shape index (κ2) is 6.68. The lowest BCUT2D eigenvalue weighted by atomic mass is 10.0. The summed E-state index contributed by atoms with van der Waals surface area (Å²) in [6.45, 7) is 1.77. The van der Waals surface area contributed by atoms with Crippen LogP contribution in [0, 0.1) is 5.82 Å². The first kappa shape index (κ1) is 16.8. The third-order valence-corrected chi connectivity index (χ3v) is 2.86. The molecule has 0 saturated heterocycles. The Hall–Kier alpha value is -2.57. The molecular formula is C16H12F4O3. The van der Waals surface area contributed by atoms with Gasteiger partial charge in [-0.15, -0.1) is 13.2 Å². The highest BCUT2D eigenvalue weighted by Gasteiger charge is 2.31. The number of halogens is 4. The van der Waals surface area contributed by atoms with Gasteiger partial charge in [-0.2, -0.15) is 0 Å². The van der Waals surface area contributed by atoms with Crippen LogP contribution in [-0.2, 0) is 4.74 Å². The molecule has 2 aromatic rings. The highest BCUT2D eigenvalue weighted by molar-refractivity contribution is 5.90. The lowest BCUT2D eigenvalue weighted by Crippen LogP contribution is -2.17. The minimum absolute atomic E-state index is 0.0239. The zero-order valence-electron chi connectivity index (χ0n) is 12.0. The molecule has 0 amide bonds. The molecule has 0 heterocycles. The molecule has 7 heteroatoms. The van der Waals surface area contributed by atoms with Crippen LogP contribution in [0.25, 0.3) is 11.1 Å². The van der Waals surface area contributed by atoms with Crippen molar-refractivity contribution in [3.8, 4) is 16.9 Å². The van der Waals surface area contributed by atoms with E-state index in [0.29, 0.717) is 0 Å². The first-order valence-corrected chi connectivity index (χ1v) is 6.63. The maximum atomic E-state index is 14.1. The first-order chi connectivity index (χ1) is 10.8. The molecule has 3 nitrogen and oxygen atoms in total. The van der Waals surface area contributed by atoms with E-state index >= 15 is 0 Å². The minimum Gasteiger partial charge on any atom is -0.462 e. The molecular weight excluding hydrogens is 316 g/mol. The molecule has 23 heavy (non-hydrogen) atoms. The molecule has 0 spiro atoms. The van der Waals surface area contributed by atoms with Crippen molar-refractivity contribution >= 4 is 5.97 Å². The largest absolute Gasteiger partial charge is 0.573 e. The Kier molecular flexibility index (Phi) is 4.88. The van der Waals surface area contributed by atoms with Gasteiger partial charge in [-0.05, 0) is 36.8 Å². The summed E-state index contributed by atoms with van der Waals surface area (Å²) in [5, 5.41) is 0. The maximum Gasteiger partial charge on any atom is 0.573 e. The zero-order chi connectivity index (χ0) is 17.0. The van der Waals surface area contributed by atoms with Crippen LogP contribution >= 0.6 is 0 Å². The van der Waals surface area contributed by atoms with Crippen LogP contribution in [0.4, 0.5) is 17.6 Å². The van der Waals surface area contributed by atoms with Gasteiger partial charge < -0.3 is 9.47 Å². The van der Waals surface area contributed by atoms with E-state index in [0.717, 1.165) is 18.2 Å². The highest BCUT2D eigenvalue weighted by Crippen LogP contribution is 2.29. The Bertz CT molecular complexity index is 711. The smallest absolute Gasteiger partial charge is 0.462 e. The fourth-order valence-corrected chi connectivity index (χ4v) is 1.95. The fraction of sp³-hybridized carbons (Fsp3) is 0.188. The number of benzene rings is 2. The number of hydrogen-bond donors (Lipinski definition) is 0. The third kappa shape index (κ3) is 4.45. The number of carbonyl (C=O) groups excluding carboxylic acids is 1. The predicted molar refractivity (Wildman–Crippen MR) is 74.5 cm³/mol. The molecule has 0 saturated carbocycles. The van der Waals surface area contributed by atoms with Crippen LogP contribution in [0.1, 0.15) is 17.3 Å². The summed E-state index contributed by atoms with van der Waals surface area (Å²) < 4.78 is 59.4.